The summed E-state index contributed by atoms with van der Waals surface area (Å²) >= 11 is 0. The molecule has 35 heavy (non-hydrogen) atoms. The van der Waals surface area contributed by atoms with Crippen molar-refractivity contribution in [1.82, 2.24) is 4.90 Å². The lowest BCUT2D eigenvalue weighted by molar-refractivity contribution is -0.114. The molecule has 1 amide bonds. The van der Waals surface area contributed by atoms with E-state index in [4.69, 9.17) is 4.74 Å². The van der Waals surface area contributed by atoms with E-state index in [9.17, 15) is 15.0 Å². The molecule has 6 heteroatoms. The summed E-state index contributed by atoms with van der Waals surface area (Å²) in [6.45, 7) is 3.78. The molecule has 3 N–H and O–H groups in total. The lowest BCUT2D eigenvalue weighted by atomic mass is 9.72. The van der Waals surface area contributed by atoms with Gasteiger partial charge in [-0.05, 0) is 67.2 Å². The lowest BCUT2D eigenvalue weighted by Crippen LogP contribution is -2.46. The molecule has 0 bridgehead atoms. The first-order valence-electron chi connectivity index (χ1n) is 12.2. The van der Waals surface area contributed by atoms with Crippen LogP contribution in [0.2, 0.25) is 0 Å². The summed E-state index contributed by atoms with van der Waals surface area (Å²) in [5.41, 5.74) is 1.50. The number of likely N-dealkylation sites (tertiary alicyclic amines) is 1. The Morgan fingerprint density at radius 2 is 1.51 bits per heavy atom. The number of ether oxygens (including phenoxy) is 1. The number of β-amino-alcohol motifs (C(OH)–C–C–N with tert-alkyl or cyclic N) is 1. The number of carbonyl (C=O) groups excluding carboxylic acids is 1. The van der Waals surface area contributed by atoms with E-state index in [0.717, 1.165) is 37.1 Å². The van der Waals surface area contributed by atoms with Gasteiger partial charge in [-0.1, -0.05) is 60.7 Å². The highest BCUT2D eigenvalue weighted by Gasteiger charge is 2.41. The maximum absolute atomic E-state index is 12.0. The fourth-order valence-corrected chi connectivity index (χ4v) is 4.94. The Bertz CT molecular complexity index is 1030. The van der Waals surface area contributed by atoms with Gasteiger partial charge in [-0.2, -0.15) is 0 Å². The Morgan fingerprint density at radius 1 is 0.971 bits per heavy atom. The molecule has 4 rings (SSSR count). The van der Waals surface area contributed by atoms with Crippen LogP contribution in [0.5, 0.6) is 5.75 Å². The zero-order chi connectivity index (χ0) is 24.7. The second-order valence-electron chi connectivity index (χ2n) is 9.24. The molecule has 1 aliphatic rings. The summed E-state index contributed by atoms with van der Waals surface area (Å²) in [7, 11) is 0. The van der Waals surface area contributed by atoms with Crippen molar-refractivity contribution in [3.05, 3.63) is 96.1 Å². The summed E-state index contributed by atoms with van der Waals surface area (Å²) in [5.74, 6) is 0.607. The highest BCUT2D eigenvalue weighted by atomic mass is 16.5. The Balaban J connectivity index is 1.31. The van der Waals surface area contributed by atoms with Crippen LogP contribution in [-0.4, -0.2) is 53.4 Å². The van der Waals surface area contributed by atoms with E-state index in [0.29, 0.717) is 18.0 Å². The number of anilines is 1. The molecule has 1 fully saturated rings. The molecule has 0 aromatic heterocycles. The van der Waals surface area contributed by atoms with E-state index in [2.05, 4.69) is 10.2 Å². The number of aliphatic hydroxyl groups is 2. The number of carbonyl (C=O) groups is 1. The second kappa shape index (κ2) is 11.5. The summed E-state index contributed by atoms with van der Waals surface area (Å²) in [5, 5.41) is 25.3. The number of amides is 1. The van der Waals surface area contributed by atoms with Crippen molar-refractivity contribution in [2.45, 2.75) is 31.5 Å². The van der Waals surface area contributed by atoms with Gasteiger partial charge in [0, 0.05) is 19.2 Å². The molecule has 0 spiro atoms. The van der Waals surface area contributed by atoms with E-state index < -0.39 is 11.7 Å². The van der Waals surface area contributed by atoms with Gasteiger partial charge < -0.3 is 25.2 Å². The molecule has 3 aromatic carbocycles. The predicted octanol–water partition coefficient (Wildman–Crippen LogP) is 4.03. The molecular formula is C29H34N2O4. The van der Waals surface area contributed by atoms with Crippen LogP contribution in [0.3, 0.4) is 0 Å². The topological polar surface area (TPSA) is 82.0 Å². The van der Waals surface area contributed by atoms with Crippen LogP contribution in [0.1, 0.15) is 30.9 Å². The van der Waals surface area contributed by atoms with Crippen molar-refractivity contribution in [2.75, 3.05) is 31.6 Å². The maximum atomic E-state index is 12.0. The molecule has 6 nitrogen and oxygen atoms in total. The molecule has 3 aromatic rings. The monoisotopic (exact) mass is 474 g/mol. The van der Waals surface area contributed by atoms with Gasteiger partial charge >= 0.3 is 0 Å². The van der Waals surface area contributed by atoms with Crippen LogP contribution in [0.25, 0.3) is 0 Å². The van der Waals surface area contributed by atoms with Crippen LogP contribution in [0.15, 0.2) is 84.9 Å². The van der Waals surface area contributed by atoms with Gasteiger partial charge in [0.1, 0.15) is 24.1 Å². The third kappa shape index (κ3) is 6.28. The Morgan fingerprint density at radius 3 is 2.03 bits per heavy atom. The van der Waals surface area contributed by atoms with E-state index in [1.807, 2.05) is 60.7 Å². The van der Waals surface area contributed by atoms with Gasteiger partial charge in [0.05, 0.1) is 0 Å². The van der Waals surface area contributed by atoms with Gasteiger partial charge in [0.25, 0.3) is 0 Å². The highest BCUT2D eigenvalue weighted by Crippen LogP contribution is 2.41. The Labute approximate surface area is 207 Å². The summed E-state index contributed by atoms with van der Waals surface area (Å²) < 4.78 is 5.73. The van der Waals surface area contributed by atoms with E-state index in [1.54, 1.807) is 24.3 Å². The summed E-state index contributed by atoms with van der Waals surface area (Å²) in [4.78, 5) is 13.4. The fourth-order valence-electron chi connectivity index (χ4n) is 4.94. The number of piperidine rings is 1. The van der Waals surface area contributed by atoms with Gasteiger partial charge in [-0.3, -0.25) is 4.79 Å². The van der Waals surface area contributed by atoms with Gasteiger partial charge in [-0.15, -0.1) is 0 Å². The minimum Gasteiger partial charge on any atom is -0.491 e. The number of nitrogens with zero attached hydrogens (tertiary/aromatic N) is 1. The van der Waals surface area contributed by atoms with Crippen LogP contribution in [0.4, 0.5) is 5.69 Å². The summed E-state index contributed by atoms with van der Waals surface area (Å²) in [6.07, 6.45) is 1.04. The largest absolute Gasteiger partial charge is 0.491 e. The van der Waals surface area contributed by atoms with E-state index >= 15 is 0 Å². The molecule has 1 atom stereocenters. The third-order valence-corrected chi connectivity index (χ3v) is 6.69. The minimum absolute atomic E-state index is 0.0825. The normalized spacial score (nSPS) is 16.0. The van der Waals surface area contributed by atoms with Gasteiger partial charge in [0.15, 0.2) is 0 Å². The first kappa shape index (κ1) is 24.9. The maximum Gasteiger partial charge on any atom is 0.221 e. The van der Waals surface area contributed by atoms with Crippen molar-refractivity contribution >= 4 is 11.6 Å². The first-order valence-corrected chi connectivity index (χ1v) is 12.2. The molecule has 0 saturated carbocycles. The highest BCUT2D eigenvalue weighted by molar-refractivity contribution is 5.88. The number of benzene rings is 3. The Kier molecular flexibility index (Phi) is 8.18. The summed E-state index contributed by atoms with van der Waals surface area (Å²) in [6, 6.07) is 26.9. The average Bonchev–Trinajstić information content (AvgIpc) is 2.89. The quantitative estimate of drug-likeness (QED) is 0.436. The van der Waals surface area contributed by atoms with Gasteiger partial charge in [-0.25, -0.2) is 0 Å². The van der Waals surface area contributed by atoms with Crippen molar-refractivity contribution < 1.29 is 19.7 Å². The zero-order valence-corrected chi connectivity index (χ0v) is 20.1. The van der Waals surface area contributed by atoms with Crippen molar-refractivity contribution in [2.24, 2.45) is 5.92 Å². The van der Waals surface area contributed by atoms with Crippen molar-refractivity contribution in [1.29, 1.82) is 0 Å². The molecule has 1 heterocycles. The van der Waals surface area contributed by atoms with E-state index in [-0.39, 0.29) is 18.4 Å². The van der Waals surface area contributed by atoms with E-state index in [1.165, 1.54) is 6.92 Å². The number of nitrogens with one attached hydrogen (secondary N) is 1. The molecule has 0 radical (unpaired) electrons. The smallest absolute Gasteiger partial charge is 0.221 e. The number of rotatable bonds is 9. The standard InChI is InChI=1S/C29H34N2O4/c1-22(32)30-26-12-14-28(15-13-26)35-21-27(33)20-31-18-16-25(17-19-31)29(34,23-8-4-2-5-9-23)24-10-6-3-7-11-24/h2-15,25,27,33-34H,16-21H2,1H3,(H,30,32)/t27-/m0/s1. The SMILES string of the molecule is CC(=O)Nc1ccc(OC[C@@H](O)CN2CCC(C(O)(c3ccccc3)c3ccccc3)CC2)cc1. The number of hydrogen-bond donors (Lipinski definition) is 3. The predicted molar refractivity (Wildman–Crippen MR) is 137 cm³/mol. The van der Waals surface area contributed by atoms with Crippen molar-refractivity contribution in [3.8, 4) is 5.75 Å². The molecule has 1 aliphatic heterocycles. The molecule has 184 valence electrons. The van der Waals surface area contributed by atoms with Gasteiger partial charge in [0.2, 0.25) is 5.91 Å². The molecular weight excluding hydrogens is 440 g/mol. The molecule has 0 aliphatic carbocycles. The fraction of sp³-hybridized carbons (Fsp3) is 0.345. The average molecular weight is 475 g/mol. The number of hydrogen-bond acceptors (Lipinski definition) is 5. The first-order chi connectivity index (χ1) is 16.9. The van der Waals surface area contributed by atoms with Crippen LogP contribution in [0, 0.1) is 5.92 Å². The minimum atomic E-state index is -1.04. The van der Waals surface area contributed by atoms with Crippen molar-refractivity contribution in [3.63, 3.8) is 0 Å². The second-order valence-corrected chi connectivity index (χ2v) is 9.24. The third-order valence-electron chi connectivity index (χ3n) is 6.69. The lowest BCUT2D eigenvalue weighted by Gasteiger charge is -2.42. The number of aliphatic hydroxyl groups excluding tert-OH is 1. The molecule has 1 saturated heterocycles. The van der Waals surface area contributed by atoms with Crippen LogP contribution >= 0.6 is 0 Å². The van der Waals surface area contributed by atoms with Crippen LogP contribution < -0.4 is 10.1 Å². The molecule has 0 unspecified atom stereocenters. The Hall–Kier alpha value is -3.19. The zero-order valence-electron chi connectivity index (χ0n) is 20.1. The van der Waals surface area contributed by atoms with Crippen LogP contribution in [-0.2, 0) is 10.4 Å².